The molecule has 1 fully saturated rings. The molecule has 0 aromatic heterocycles. The molecule has 0 radical (unpaired) electrons. The minimum Gasteiger partial charge on any atom is -0.455 e. The summed E-state index contributed by atoms with van der Waals surface area (Å²) in [6, 6.07) is 0. The van der Waals surface area contributed by atoms with Crippen LogP contribution in [0, 0.1) is 11.8 Å². The van der Waals surface area contributed by atoms with Gasteiger partial charge in [0.1, 0.15) is 12.2 Å². The number of carbonyl (C=O) groups is 4. The van der Waals surface area contributed by atoms with Crippen LogP contribution in [0.4, 0.5) is 0 Å². The predicted octanol–water partition coefficient (Wildman–Crippen LogP) is 0.338. The summed E-state index contributed by atoms with van der Waals surface area (Å²) in [5.74, 6) is -4.98. The van der Waals surface area contributed by atoms with E-state index in [0.29, 0.717) is 12.8 Å². The normalized spacial score (nSPS) is 27.6. The van der Waals surface area contributed by atoms with Crippen molar-refractivity contribution >= 4 is 23.9 Å². The van der Waals surface area contributed by atoms with Gasteiger partial charge in [0.25, 0.3) is 0 Å². The predicted molar refractivity (Wildman–Crippen MR) is 132 cm³/mol. The number of ether oxygens (including phenoxy) is 4. The summed E-state index contributed by atoms with van der Waals surface area (Å²) in [7, 11) is 0. The van der Waals surface area contributed by atoms with E-state index in [9.17, 15) is 39.6 Å². The van der Waals surface area contributed by atoms with E-state index in [1.54, 1.807) is 27.7 Å². The van der Waals surface area contributed by atoms with Gasteiger partial charge < -0.3 is 39.4 Å². The van der Waals surface area contributed by atoms with Gasteiger partial charge >= 0.3 is 23.9 Å². The molecule has 0 aliphatic heterocycles. The van der Waals surface area contributed by atoms with Crippen molar-refractivity contribution in [3.8, 4) is 0 Å². The molecule has 0 heterocycles. The van der Waals surface area contributed by atoms with Crippen LogP contribution in [0.25, 0.3) is 0 Å². The van der Waals surface area contributed by atoms with Crippen LogP contribution in [0.2, 0.25) is 0 Å². The lowest BCUT2D eigenvalue weighted by Crippen LogP contribution is -2.67. The fraction of sp³-hybridized carbons (Fsp3) is 0.692. The minimum atomic E-state index is -1.95. The monoisotopic (exact) mass is 544 g/mol. The first kappa shape index (κ1) is 33.2. The Balaban J connectivity index is 3.59. The molecular weight excluding hydrogens is 504 g/mol. The van der Waals surface area contributed by atoms with Crippen LogP contribution in [0.5, 0.6) is 0 Å². The first-order valence-corrected chi connectivity index (χ1v) is 12.6. The first-order valence-electron chi connectivity index (χ1n) is 12.6. The highest BCUT2D eigenvalue weighted by molar-refractivity contribution is 5.89. The van der Waals surface area contributed by atoms with Crippen LogP contribution in [-0.4, -0.2) is 94.1 Å². The topological polar surface area (TPSA) is 186 Å². The molecular formula is C26H40O12. The number of carbonyl (C=O) groups excluding carboxylic acids is 4. The van der Waals surface area contributed by atoms with Crippen molar-refractivity contribution in [2.45, 2.75) is 91.0 Å². The highest BCUT2D eigenvalue weighted by atomic mass is 16.6. The Morgan fingerprint density at radius 2 is 0.947 bits per heavy atom. The van der Waals surface area contributed by atoms with Gasteiger partial charge in [0.2, 0.25) is 0 Å². The second-order valence-electron chi connectivity index (χ2n) is 9.09. The molecule has 0 amide bonds. The molecule has 216 valence electrons. The SMILES string of the molecule is C/C=C(\CO)C(=O)O[C@@H]1C(O)[C@H](OC(=O)/C(=C/C)CO)[C@H](OC(=O)C(C)CC)C(O)[C@H]1OC(=O)C(C)CC. The van der Waals surface area contributed by atoms with Gasteiger partial charge in [-0.05, 0) is 26.7 Å². The van der Waals surface area contributed by atoms with E-state index < -0.39 is 85.6 Å². The lowest BCUT2D eigenvalue weighted by molar-refractivity contribution is -0.252. The largest absolute Gasteiger partial charge is 0.455 e. The summed E-state index contributed by atoms with van der Waals surface area (Å²) in [6.45, 7) is 8.10. The van der Waals surface area contributed by atoms with Crippen LogP contribution >= 0.6 is 0 Å². The van der Waals surface area contributed by atoms with Crippen LogP contribution < -0.4 is 0 Å². The number of hydrogen-bond acceptors (Lipinski definition) is 12. The number of hydrogen-bond donors (Lipinski definition) is 4. The van der Waals surface area contributed by atoms with E-state index in [2.05, 4.69) is 0 Å². The van der Waals surface area contributed by atoms with Crippen LogP contribution in [0.15, 0.2) is 23.3 Å². The van der Waals surface area contributed by atoms with Crippen LogP contribution in [-0.2, 0) is 38.1 Å². The number of rotatable bonds is 12. The fourth-order valence-corrected chi connectivity index (χ4v) is 3.48. The van der Waals surface area contributed by atoms with Crippen molar-refractivity contribution in [1.82, 2.24) is 0 Å². The van der Waals surface area contributed by atoms with Crippen LogP contribution in [0.3, 0.4) is 0 Å². The quantitative estimate of drug-likeness (QED) is 0.150. The molecule has 4 unspecified atom stereocenters. The summed E-state index contributed by atoms with van der Waals surface area (Å²) >= 11 is 0. The number of aliphatic hydroxyl groups excluding tert-OH is 4. The molecule has 8 atom stereocenters. The Hall–Kier alpha value is -2.80. The average Bonchev–Trinajstić information content (AvgIpc) is 2.90. The van der Waals surface area contributed by atoms with E-state index >= 15 is 0 Å². The fourth-order valence-electron chi connectivity index (χ4n) is 3.48. The summed E-state index contributed by atoms with van der Waals surface area (Å²) in [5, 5.41) is 41.4. The molecule has 0 bridgehead atoms. The standard InChI is InChI=1S/C26H40O12/c1-7-13(5)23(31)35-19-17(29)20(36-24(32)14(6)8-2)22(38-26(34)16(10-4)12-28)18(30)21(19)37-25(33)15(9-3)11-27/h9-10,13-14,17-22,27-30H,7-8,11-12H2,1-6H3/b15-9+,16-10+/t13?,14?,17?,18?,19-,20-,21-,22+/m1/s1. The summed E-state index contributed by atoms with van der Waals surface area (Å²) in [6.07, 6.45) is -7.59. The zero-order valence-electron chi connectivity index (χ0n) is 22.7. The van der Waals surface area contributed by atoms with Gasteiger partial charge in [-0.25, -0.2) is 9.59 Å². The molecule has 1 aliphatic carbocycles. The average molecular weight is 545 g/mol. The third kappa shape index (κ3) is 8.10. The Bertz CT molecular complexity index is 825. The van der Waals surface area contributed by atoms with Gasteiger partial charge in [-0.15, -0.1) is 0 Å². The maximum atomic E-state index is 12.6. The van der Waals surface area contributed by atoms with Gasteiger partial charge in [-0.3, -0.25) is 9.59 Å². The number of aliphatic hydroxyl groups is 4. The van der Waals surface area contributed by atoms with Crippen molar-refractivity contribution < 1.29 is 58.6 Å². The summed E-state index contributed by atoms with van der Waals surface area (Å²) in [4.78, 5) is 50.6. The second-order valence-corrected chi connectivity index (χ2v) is 9.09. The third-order valence-electron chi connectivity index (χ3n) is 6.58. The Morgan fingerprint density at radius 1 is 0.658 bits per heavy atom. The van der Waals surface area contributed by atoms with Crippen LogP contribution in [0.1, 0.15) is 54.4 Å². The summed E-state index contributed by atoms with van der Waals surface area (Å²) in [5.41, 5.74) is -0.372. The van der Waals surface area contributed by atoms with Gasteiger partial charge in [0.05, 0.1) is 36.2 Å². The zero-order chi connectivity index (χ0) is 29.2. The molecule has 1 saturated carbocycles. The molecule has 12 nitrogen and oxygen atoms in total. The minimum absolute atomic E-state index is 0.186. The first-order chi connectivity index (χ1) is 17.9. The molecule has 0 aromatic carbocycles. The van der Waals surface area contributed by atoms with Crippen molar-refractivity contribution in [3.63, 3.8) is 0 Å². The Morgan fingerprint density at radius 3 is 1.18 bits per heavy atom. The van der Waals surface area contributed by atoms with Crippen molar-refractivity contribution in [1.29, 1.82) is 0 Å². The summed E-state index contributed by atoms with van der Waals surface area (Å²) < 4.78 is 21.6. The van der Waals surface area contributed by atoms with Gasteiger partial charge in [0, 0.05) is 0 Å². The Kier molecular flexibility index (Phi) is 13.6. The lowest BCUT2D eigenvalue weighted by Gasteiger charge is -2.45. The highest BCUT2D eigenvalue weighted by Crippen LogP contribution is 2.32. The molecule has 38 heavy (non-hydrogen) atoms. The maximum Gasteiger partial charge on any atom is 0.336 e. The van der Waals surface area contributed by atoms with Gasteiger partial charge in [-0.2, -0.15) is 0 Å². The molecule has 0 aromatic rings. The van der Waals surface area contributed by atoms with E-state index in [1.165, 1.54) is 26.0 Å². The highest BCUT2D eigenvalue weighted by Gasteiger charge is 2.57. The second kappa shape index (κ2) is 15.6. The van der Waals surface area contributed by atoms with Gasteiger partial charge in [-0.1, -0.05) is 39.8 Å². The van der Waals surface area contributed by atoms with Crippen molar-refractivity contribution in [2.75, 3.05) is 13.2 Å². The Labute approximate surface area is 222 Å². The molecule has 1 aliphatic rings. The third-order valence-corrected chi connectivity index (χ3v) is 6.58. The van der Waals surface area contributed by atoms with Gasteiger partial charge in [0.15, 0.2) is 24.4 Å². The van der Waals surface area contributed by atoms with E-state index in [4.69, 9.17) is 18.9 Å². The van der Waals surface area contributed by atoms with Crippen molar-refractivity contribution in [3.05, 3.63) is 23.3 Å². The lowest BCUT2D eigenvalue weighted by atomic mass is 9.83. The number of esters is 4. The van der Waals surface area contributed by atoms with Crippen molar-refractivity contribution in [2.24, 2.45) is 11.8 Å². The maximum absolute atomic E-state index is 12.6. The van der Waals surface area contributed by atoms with E-state index in [-0.39, 0.29) is 11.1 Å². The molecule has 12 heteroatoms. The molecule has 4 N–H and O–H groups in total. The van der Waals surface area contributed by atoms with E-state index in [1.807, 2.05) is 0 Å². The smallest absolute Gasteiger partial charge is 0.336 e. The molecule has 0 spiro atoms. The molecule has 1 rings (SSSR count). The van der Waals surface area contributed by atoms with E-state index in [0.717, 1.165) is 0 Å². The zero-order valence-corrected chi connectivity index (χ0v) is 22.7. The molecule has 0 saturated heterocycles. The number of allylic oxidation sites excluding steroid dienone is 2.